The second-order valence-electron chi connectivity index (χ2n) is 9.32. The summed E-state index contributed by atoms with van der Waals surface area (Å²) in [5.41, 5.74) is 3.96. The molecule has 0 spiro atoms. The molecule has 6 heteroatoms. The van der Waals surface area contributed by atoms with Crippen LogP contribution in [0, 0.1) is 0 Å². The number of phenolic OH excluding ortho intramolecular Hbond substituents is 4. The molecule has 6 N–H and O–H groups in total. The predicted octanol–water partition coefficient (Wildman–Crippen LogP) is 4.82. The monoisotopic (exact) mass is 492 g/mol. The van der Waals surface area contributed by atoms with Gasteiger partial charge in [0.1, 0.15) is 11.5 Å². The predicted molar refractivity (Wildman–Crippen MR) is 145 cm³/mol. The Labute approximate surface area is 214 Å². The van der Waals surface area contributed by atoms with E-state index < -0.39 is 0 Å². The van der Waals surface area contributed by atoms with Gasteiger partial charge < -0.3 is 31.1 Å². The third-order valence-corrected chi connectivity index (χ3v) is 6.46. The highest BCUT2D eigenvalue weighted by atomic mass is 16.3. The van der Waals surface area contributed by atoms with Crippen LogP contribution in [0.15, 0.2) is 60.7 Å². The molecule has 0 saturated heterocycles. The number of nitrogens with one attached hydrogen (secondary N) is 2. The summed E-state index contributed by atoms with van der Waals surface area (Å²) in [4.78, 5) is 0. The molecular formula is C30H40N2O4. The third kappa shape index (κ3) is 9.44. The average molecular weight is 493 g/mol. The van der Waals surface area contributed by atoms with Gasteiger partial charge in [-0.05, 0) is 112 Å². The van der Waals surface area contributed by atoms with E-state index in [-0.39, 0.29) is 17.2 Å². The molecule has 0 aliphatic carbocycles. The van der Waals surface area contributed by atoms with Crippen LogP contribution in [0.25, 0.3) is 0 Å². The van der Waals surface area contributed by atoms with E-state index >= 15 is 0 Å². The van der Waals surface area contributed by atoms with Crippen LogP contribution < -0.4 is 10.6 Å². The summed E-state index contributed by atoms with van der Waals surface area (Å²) in [5, 5.41) is 46.5. The number of hydrogen-bond donors (Lipinski definition) is 6. The SMILES string of the molecule is Oc1cccc(CCNCCCCCCNCCc2ccc(O)c(O)c2CCc2cccc(O)c2)c1. The molecule has 0 atom stereocenters. The summed E-state index contributed by atoms with van der Waals surface area (Å²) < 4.78 is 0. The van der Waals surface area contributed by atoms with Crippen molar-refractivity contribution < 1.29 is 20.4 Å². The molecule has 0 aromatic heterocycles. The smallest absolute Gasteiger partial charge is 0.160 e. The summed E-state index contributed by atoms with van der Waals surface area (Å²) in [6, 6.07) is 18.0. The van der Waals surface area contributed by atoms with Gasteiger partial charge in [-0.2, -0.15) is 0 Å². The topological polar surface area (TPSA) is 105 Å². The van der Waals surface area contributed by atoms with Crippen LogP contribution in [0.3, 0.4) is 0 Å². The molecule has 0 bridgehead atoms. The second kappa shape index (κ2) is 15.0. The Balaban J connectivity index is 1.26. The number of phenols is 4. The molecule has 3 rings (SSSR count). The van der Waals surface area contributed by atoms with Crippen LogP contribution in [-0.4, -0.2) is 46.6 Å². The fourth-order valence-electron chi connectivity index (χ4n) is 4.43. The highest BCUT2D eigenvalue weighted by molar-refractivity contribution is 5.49. The minimum Gasteiger partial charge on any atom is -0.508 e. The van der Waals surface area contributed by atoms with E-state index in [4.69, 9.17) is 0 Å². The van der Waals surface area contributed by atoms with Crippen LogP contribution >= 0.6 is 0 Å². The van der Waals surface area contributed by atoms with Gasteiger partial charge in [0.05, 0.1) is 0 Å². The highest BCUT2D eigenvalue weighted by Crippen LogP contribution is 2.32. The van der Waals surface area contributed by atoms with Crippen molar-refractivity contribution in [1.82, 2.24) is 10.6 Å². The van der Waals surface area contributed by atoms with Crippen molar-refractivity contribution in [1.29, 1.82) is 0 Å². The zero-order chi connectivity index (χ0) is 25.6. The molecule has 0 aliphatic heterocycles. The van der Waals surface area contributed by atoms with E-state index in [9.17, 15) is 20.4 Å². The summed E-state index contributed by atoms with van der Waals surface area (Å²) in [6.45, 7) is 3.73. The Kier molecular flexibility index (Phi) is 11.4. The van der Waals surface area contributed by atoms with E-state index in [1.807, 2.05) is 36.4 Å². The van der Waals surface area contributed by atoms with E-state index in [0.717, 1.165) is 74.1 Å². The van der Waals surface area contributed by atoms with Crippen LogP contribution in [0.4, 0.5) is 0 Å². The third-order valence-electron chi connectivity index (χ3n) is 6.46. The van der Waals surface area contributed by atoms with Gasteiger partial charge in [-0.15, -0.1) is 0 Å². The largest absolute Gasteiger partial charge is 0.508 e. The number of aryl methyl sites for hydroxylation is 1. The normalized spacial score (nSPS) is 11.1. The van der Waals surface area contributed by atoms with Gasteiger partial charge in [0, 0.05) is 5.56 Å². The first-order valence-corrected chi connectivity index (χ1v) is 13.0. The minimum atomic E-state index is -0.0912. The van der Waals surface area contributed by atoms with Crippen molar-refractivity contribution in [3.05, 3.63) is 82.9 Å². The van der Waals surface area contributed by atoms with Crippen molar-refractivity contribution in [3.8, 4) is 23.0 Å². The first-order chi connectivity index (χ1) is 17.5. The van der Waals surface area contributed by atoms with Crippen LogP contribution in [0.1, 0.15) is 47.9 Å². The number of rotatable bonds is 16. The Morgan fingerprint density at radius 3 is 1.72 bits per heavy atom. The molecule has 0 aliphatic rings. The second-order valence-corrected chi connectivity index (χ2v) is 9.32. The molecule has 0 saturated carbocycles. The molecule has 3 aromatic rings. The van der Waals surface area contributed by atoms with Gasteiger partial charge in [-0.25, -0.2) is 0 Å². The Hall–Kier alpha value is -3.22. The zero-order valence-corrected chi connectivity index (χ0v) is 21.0. The molecule has 36 heavy (non-hydrogen) atoms. The standard InChI is InChI=1S/C30H40N2O4/c33-26-9-5-7-23(21-26)11-13-28-25(12-14-29(35)30(28)36)16-20-32-18-4-2-1-3-17-31-19-15-24-8-6-10-27(34)22-24/h5-10,12,14,21-22,31-36H,1-4,11,13,15-20H2. The molecule has 0 fully saturated rings. The number of unbranched alkanes of at least 4 members (excludes halogenated alkanes) is 3. The van der Waals surface area contributed by atoms with Crippen molar-refractivity contribution in [2.75, 3.05) is 26.2 Å². The van der Waals surface area contributed by atoms with Crippen molar-refractivity contribution in [2.45, 2.75) is 51.4 Å². The van der Waals surface area contributed by atoms with Crippen molar-refractivity contribution >= 4 is 0 Å². The number of aromatic hydroxyl groups is 4. The van der Waals surface area contributed by atoms with Gasteiger partial charge in [0.15, 0.2) is 11.5 Å². The van der Waals surface area contributed by atoms with E-state index in [1.54, 1.807) is 24.3 Å². The van der Waals surface area contributed by atoms with Crippen LogP contribution in [0.5, 0.6) is 23.0 Å². The first kappa shape index (κ1) is 27.4. The lowest BCUT2D eigenvalue weighted by molar-refractivity contribution is 0.398. The first-order valence-electron chi connectivity index (χ1n) is 13.0. The maximum Gasteiger partial charge on any atom is 0.160 e. The summed E-state index contributed by atoms with van der Waals surface area (Å²) in [6.07, 6.45) is 7.67. The van der Waals surface area contributed by atoms with E-state index in [0.29, 0.717) is 18.6 Å². The average Bonchev–Trinajstić information content (AvgIpc) is 2.86. The van der Waals surface area contributed by atoms with E-state index in [2.05, 4.69) is 10.6 Å². The minimum absolute atomic E-state index is 0.0387. The maximum atomic E-state index is 10.4. The lowest BCUT2D eigenvalue weighted by Crippen LogP contribution is -2.20. The fraction of sp³-hybridized carbons (Fsp3) is 0.400. The lowest BCUT2D eigenvalue weighted by atomic mass is 9.96. The van der Waals surface area contributed by atoms with Crippen molar-refractivity contribution in [3.63, 3.8) is 0 Å². The Morgan fingerprint density at radius 2 is 1.11 bits per heavy atom. The summed E-state index contributed by atoms with van der Waals surface area (Å²) in [7, 11) is 0. The molecule has 0 unspecified atom stereocenters. The molecule has 3 aromatic carbocycles. The molecule has 6 nitrogen and oxygen atoms in total. The van der Waals surface area contributed by atoms with Crippen LogP contribution in [0.2, 0.25) is 0 Å². The van der Waals surface area contributed by atoms with Gasteiger partial charge in [-0.3, -0.25) is 0 Å². The molecular weight excluding hydrogens is 452 g/mol. The summed E-state index contributed by atoms with van der Waals surface area (Å²) >= 11 is 0. The highest BCUT2D eigenvalue weighted by Gasteiger charge is 2.12. The van der Waals surface area contributed by atoms with Gasteiger partial charge in [-0.1, -0.05) is 43.2 Å². The Morgan fingerprint density at radius 1 is 0.528 bits per heavy atom. The number of hydrogen-bond acceptors (Lipinski definition) is 6. The van der Waals surface area contributed by atoms with Gasteiger partial charge in [0.25, 0.3) is 0 Å². The van der Waals surface area contributed by atoms with Crippen molar-refractivity contribution in [2.24, 2.45) is 0 Å². The molecule has 0 radical (unpaired) electrons. The summed E-state index contributed by atoms with van der Waals surface area (Å²) in [5.74, 6) is 0.431. The van der Waals surface area contributed by atoms with Crippen LogP contribution in [-0.2, 0) is 25.7 Å². The molecule has 0 heterocycles. The van der Waals surface area contributed by atoms with Gasteiger partial charge >= 0.3 is 0 Å². The molecule has 194 valence electrons. The van der Waals surface area contributed by atoms with E-state index in [1.165, 1.54) is 12.8 Å². The van der Waals surface area contributed by atoms with Gasteiger partial charge in [0.2, 0.25) is 0 Å². The quantitative estimate of drug-likeness (QED) is 0.127. The lowest BCUT2D eigenvalue weighted by Gasteiger charge is -2.14. The maximum absolute atomic E-state index is 10.4. The number of benzene rings is 3. The molecule has 0 amide bonds. The zero-order valence-electron chi connectivity index (χ0n) is 21.0. The Bertz CT molecular complexity index is 1070. The fourth-order valence-corrected chi connectivity index (χ4v) is 4.43.